The summed E-state index contributed by atoms with van der Waals surface area (Å²) in [5.74, 6) is 1.94. The minimum absolute atomic E-state index is 0.168. The monoisotopic (exact) mass is 329 g/mol. The Morgan fingerprint density at radius 3 is 2.39 bits per heavy atom. The Balaban J connectivity index is 1.99. The average Bonchev–Trinajstić information content (AvgIpc) is 2.61. The molecule has 0 atom stereocenters. The van der Waals surface area contributed by atoms with E-state index < -0.39 is 0 Å². The molecule has 3 nitrogen and oxygen atoms in total. The molecular formula is C19H23NO2S. The molecule has 0 fully saturated rings. The number of carbonyl (C=O) groups is 1. The Morgan fingerprint density at radius 1 is 1.09 bits per heavy atom. The van der Waals surface area contributed by atoms with Crippen molar-refractivity contribution in [1.82, 2.24) is 0 Å². The Kier molecular flexibility index (Phi) is 7.01. The summed E-state index contributed by atoms with van der Waals surface area (Å²) in [6.07, 6.45) is 3.31. The maximum atomic E-state index is 12.6. The van der Waals surface area contributed by atoms with E-state index in [-0.39, 0.29) is 5.91 Å². The number of amides is 1. The van der Waals surface area contributed by atoms with Crippen molar-refractivity contribution in [2.75, 3.05) is 30.6 Å². The van der Waals surface area contributed by atoms with Crippen LogP contribution in [-0.2, 0) is 11.2 Å². The molecule has 0 unspecified atom stereocenters. The van der Waals surface area contributed by atoms with Gasteiger partial charge >= 0.3 is 0 Å². The summed E-state index contributed by atoms with van der Waals surface area (Å²) in [6, 6.07) is 17.8. The molecule has 0 aliphatic carbocycles. The number of anilines is 1. The molecule has 1 amide bonds. The third kappa shape index (κ3) is 5.32. The Hall–Kier alpha value is -1.94. The highest BCUT2D eigenvalue weighted by atomic mass is 32.2. The van der Waals surface area contributed by atoms with Gasteiger partial charge in [0.1, 0.15) is 5.75 Å². The van der Waals surface area contributed by atoms with Crippen molar-refractivity contribution in [3.8, 4) is 5.75 Å². The van der Waals surface area contributed by atoms with Crippen LogP contribution in [0.3, 0.4) is 0 Å². The highest BCUT2D eigenvalue weighted by molar-refractivity contribution is 7.98. The van der Waals surface area contributed by atoms with Crippen molar-refractivity contribution in [2.45, 2.75) is 12.8 Å². The SMILES string of the molecule is COc1ccc(CCC(=O)N(CCSC)c2ccccc2)cc1. The smallest absolute Gasteiger partial charge is 0.227 e. The summed E-state index contributed by atoms with van der Waals surface area (Å²) in [5, 5.41) is 0. The third-order valence-corrected chi connectivity index (χ3v) is 4.27. The summed E-state index contributed by atoms with van der Waals surface area (Å²) in [5.41, 5.74) is 2.12. The van der Waals surface area contributed by atoms with Gasteiger partial charge in [0.15, 0.2) is 0 Å². The van der Waals surface area contributed by atoms with Crippen molar-refractivity contribution in [2.24, 2.45) is 0 Å². The van der Waals surface area contributed by atoms with Crippen LogP contribution in [0.1, 0.15) is 12.0 Å². The van der Waals surface area contributed by atoms with Crippen molar-refractivity contribution < 1.29 is 9.53 Å². The van der Waals surface area contributed by atoms with Gasteiger partial charge in [0.05, 0.1) is 7.11 Å². The zero-order valence-corrected chi connectivity index (χ0v) is 14.5. The molecule has 0 saturated heterocycles. The van der Waals surface area contributed by atoms with Gasteiger partial charge in [-0.25, -0.2) is 0 Å². The molecule has 0 N–H and O–H groups in total. The first-order valence-corrected chi connectivity index (χ1v) is 9.11. The zero-order valence-electron chi connectivity index (χ0n) is 13.7. The lowest BCUT2D eigenvalue weighted by Crippen LogP contribution is -2.33. The summed E-state index contributed by atoms with van der Waals surface area (Å²) in [6.45, 7) is 0.743. The highest BCUT2D eigenvalue weighted by Crippen LogP contribution is 2.17. The van der Waals surface area contributed by atoms with Gasteiger partial charge in [-0.2, -0.15) is 11.8 Å². The molecule has 2 aromatic carbocycles. The highest BCUT2D eigenvalue weighted by Gasteiger charge is 2.15. The van der Waals surface area contributed by atoms with Gasteiger partial charge in [0.2, 0.25) is 5.91 Å². The Bertz CT molecular complexity index is 599. The molecule has 0 spiro atoms. The zero-order chi connectivity index (χ0) is 16.5. The largest absolute Gasteiger partial charge is 0.497 e. The van der Waals surface area contributed by atoms with E-state index in [1.807, 2.05) is 59.5 Å². The second kappa shape index (κ2) is 9.26. The van der Waals surface area contributed by atoms with Crippen molar-refractivity contribution in [3.05, 3.63) is 60.2 Å². The standard InChI is InChI=1S/C19H23NO2S/c1-22-18-11-8-16(9-12-18)10-13-19(21)20(14-15-23-2)17-6-4-3-5-7-17/h3-9,11-12H,10,13-15H2,1-2H3. The quantitative estimate of drug-likeness (QED) is 0.732. The van der Waals surface area contributed by atoms with Crippen LogP contribution in [0.25, 0.3) is 0 Å². The minimum atomic E-state index is 0.168. The number of aryl methyl sites for hydroxylation is 1. The number of benzene rings is 2. The minimum Gasteiger partial charge on any atom is -0.497 e. The fourth-order valence-corrected chi connectivity index (χ4v) is 2.73. The lowest BCUT2D eigenvalue weighted by molar-refractivity contribution is -0.118. The molecule has 4 heteroatoms. The van der Waals surface area contributed by atoms with Crippen LogP contribution >= 0.6 is 11.8 Å². The van der Waals surface area contributed by atoms with E-state index in [0.717, 1.165) is 35.7 Å². The molecule has 0 heterocycles. The second-order valence-electron chi connectivity index (χ2n) is 5.22. The fourth-order valence-electron chi connectivity index (χ4n) is 2.37. The third-order valence-electron chi connectivity index (χ3n) is 3.67. The molecule has 0 radical (unpaired) electrons. The summed E-state index contributed by atoms with van der Waals surface area (Å²) in [7, 11) is 1.65. The van der Waals surface area contributed by atoms with Crippen LogP contribution in [0.15, 0.2) is 54.6 Å². The molecule has 122 valence electrons. The fraction of sp³-hybridized carbons (Fsp3) is 0.316. The Morgan fingerprint density at radius 2 is 1.78 bits per heavy atom. The van der Waals surface area contributed by atoms with E-state index in [2.05, 4.69) is 6.26 Å². The number of carbonyl (C=O) groups excluding carboxylic acids is 1. The number of hydrogen-bond donors (Lipinski definition) is 0. The molecular weight excluding hydrogens is 306 g/mol. The molecule has 2 aromatic rings. The molecule has 2 rings (SSSR count). The maximum absolute atomic E-state index is 12.6. The molecule has 0 saturated carbocycles. The number of nitrogens with zero attached hydrogens (tertiary/aromatic N) is 1. The number of para-hydroxylation sites is 1. The van der Waals surface area contributed by atoms with Gasteiger partial charge in [-0.1, -0.05) is 30.3 Å². The topological polar surface area (TPSA) is 29.5 Å². The molecule has 0 bridgehead atoms. The first kappa shape index (κ1) is 17.4. The number of thioether (sulfide) groups is 1. The normalized spacial score (nSPS) is 10.3. The molecule has 0 aliphatic heterocycles. The van der Waals surface area contributed by atoms with Crippen molar-refractivity contribution in [3.63, 3.8) is 0 Å². The van der Waals surface area contributed by atoms with Gasteiger partial charge in [-0.05, 0) is 42.5 Å². The summed E-state index contributed by atoms with van der Waals surface area (Å²) < 4.78 is 5.16. The van der Waals surface area contributed by atoms with Gasteiger partial charge in [-0.15, -0.1) is 0 Å². The van der Waals surface area contributed by atoms with Gasteiger partial charge < -0.3 is 9.64 Å². The van der Waals surface area contributed by atoms with Crippen LogP contribution in [0, 0.1) is 0 Å². The van der Waals surface area contributed by atoms with Crippen LogP contribution in [0.4, 0.5) is 5.69 Å². The average molecular weight is 329 g/mol. The Labute approximate surface area is 142 Å². The number of hydrogen-bond acceptors (Lipinski definition) is 3. The van der Waals surface area contributed by atoms with E-state index in [1.54, 1.807) is 18.9 Å². The van der Waals surface area contributed by atoms with E-state index in [1.165, 1.54) is 0 Å². The maximum Gasteiger partial charge on any atom is 0.227 e. The van der Waals surface area contributed by atoms with Crippen LogP contribution < -0.4 is 9.64 Å². The van der Waals surface area contributed by atoms with Crippen molar-refractivity contribution in [1.29, 1.82) is 0 Å². The molecule has 0 aliphatic rings. The predicted molar refractivity (Wildman–Crippen MR) is 98.5 cm³/mol. The molecule has 23 heavy (non-hydrogen) atoms. The molecule has 0 aromatic heterocycles. The lowest BCUT2D eigenvalue weighted by Gasteiger charge is -2.22. The lowest BCUT2D eigenvalue weighted by atomic mass is 10.1. The first-order chi connectivity index (χ1) is 11.2. The van der Waals surface area contributed by atoms with Gasteiger partial charge in [0, 0.05) is 24.4 Å². The van der Waals surface area contributed by atoms with Gasteiger partial charge in [-0.3, -0.25) is 4.79 Å². The predicted octanol–water partition coefficient (Wildman–Crippen LogP) is 4.02. The summed E-state index contributed by atoms with van der Waals surface area (Å²) in [4.78, 5) is 14.5. The van der Waals surface area contributed by atoms with E-state index >= 15 is 0 Å². The first-order valence-electron chi connectivity index (χ1n) is 7.72. The van der Waals surface area contributed by atoms with E-state index in [9.17, 15) is 4.79 Å². The van der Waals surface area contributed by atoms with Crippen LogP contribution in [0.2, 0.25) is 0 Å². The number of rotatable bonds is 8. The van der Waals surface area contributed by atoms with E-state index in [0.29, 0.717) is 6.42 Å². The van der Waals surface area contributed by atoms with Crippen LogP contribution in [-0.4, -0.2) is 31.6 Å². The van der Waals surface area contributed by atoms with E-state index in [4.69, 9.17) is 4.74 Å². The van der Waals surface area contributed by atoms with Crippen molar-refractivity contribution >= 4 is 23.4 Å². The second-order valence-corrected chi connectivity index (χ2v) is 6.21. The summed E-state index contributed by atoms with van der Waals surface area (Å²) >= 11 is 1.75. The number of ether oxygens (including phenoxy) is 1. The van der Waals surface area contributed by atoms with Gasteiger partial charge in [0.25, 0.3) is 0 Å². The van der Waals surface area contributed by atoms with Crippen LogP contribution in [0.5, 0.6) is 5.75 Å². The number of methoxy groups -OCH3 is 1.